The summed E-state index contributed by atoms with van der Waals surface area (Å²) in [6, 6.07) is 5.51. The van der Waals surface area contributed by atoms with E-state index in [1.807, 2.05) is 0 Å². The molecule has 4 rings (SSSR count). The zero-order valence-electron chi connectivity index (χ0n) is 16.9. The predicted molar refractivity (Wildman–Crippen MR) is 104 cm³/mol. The number of rotatable bonds is 4. The Labute approximate surface area is 179 Å². The van der Waals surface area contributed by atoms with Gasteiger partial charge in [0.1, 0.15) is 17.5 Å². The number of hydrogen-bond acceptors (Lipinski definition) is 5. The van der Waals surface area contributed by atoms with E-state index in [4.69, 9.17) is 0 Å². The molecule has 0 aliphatic carbocycles. The maximum absolute atomic E-state index is 13.9. The van der Waals surface area contributed by atoms with Crippen LogP contribution in [0.2, 0.25) is 0 Å². The Kier molecular flexibility index (Phi) is 5.70. The number of nitrogens with one attached hydrogen (secondary N) is 1. The van der Waals surface area contributed by atoms with Crippen LogP contribution >= 0.6 is 0 Å². The first-order valence-corrected chi connectivity index (χ1v) is 9.93. The molecule has 0 radical (unpaired) electrons. The van der Waals surface area contributed by atoms with E-state index in [0.29, 0.717) is 36.3 Å². The number of alkyl halides is 3. The summed E-state index contributed by atoms with van der Waals surface area (Å²) in [5, 5.41) is 13.4. The summed E-state index contributed by atoms with van der Waals surface area (Å²) in [5.41, 5.74) is 0.168. The lowest BCUT2D eigenvalue weighted by atomic mass is 9.95. The number of benzene rings is 1. The molecular formula is C20H19F5N6O. The Bertz CT molecular complexity index is 1140. The van der Waals surface area contributed by atoms with Gasteiger partial charge in [-0.05, 0) is 38.0 Å². The molecule has 1 saturated heterocycles. The van der Waals surface area contributed by atoms with Crippen LogP contribution < -0.4 is 10.2 Å². The van der Waals surface area contributed by atoms with Gasteiger partial charge in [-0.2, -0.15) is 17.7 Å². The first kappa shape index (κ1) is 21.9. The van der Waals surface area contributed by atoms with E-state index in [-0.39, 0.29) is 23.0 Å². The first-order chi connectivity index (χ1) is 15.1. The van der Waals surface area contributed by atoms with Gasteiger partial charge in [-0.3, -0.25) is 4.79 Å². The largest absolute Gasteiger partial charge is 0.453 e. The fourth-order valence-corrected chi connectivity index (χ4v) is 3.76. The lowest BCUT2D eigenvalue weighted by molar-refractivity contribution is -0.146. The second-order valence-electron chi connectivity index (χ2n) is 7.64. The van der Waals surface area contributed by atoms with Crippen LogP contribution in [0.5, 0.6) is 0 Å². The summed E-state index contributed by atoms with van der Waals surface area (Å²) < 4.78 is 66.9. The fraction of sp³-hybridized carbons (Fsp3) is 0.400. The third kappa shape index (κ3) is 4.34. The third-order valence-corrected chi connectivity index (χ3v) is 5.48. The molecule has 0 saturated carbocycles. The van der Waals surface area contributed by atoms with Crippen molar-refractivity contribution in [2.75, 3.05) is 18.0 Å². The number of anilines is 1. The van der Waals surface area contributed by atoms with Gasteiger partial charge in [-0.15, -0.1) is 15.3 Å². The molecule has 3 heterocycles. The smallest absolute Gasteiger partial charge is 0.355 e. The summed E-state index contributed by atoms with van der Waals surface area (Å²) in [6.07, 6.45) is -3.80. The molecule has 1 atom stereocenters. The second kappa shape index (κ2) is 8.32. The standard InChI is InChI=1S/C20H19F5N6O/c1-11(14-3-2-13(21)10-15(14)22)26-18(32)12-6-8-30(9-7-12)17-5-4-16-27-28-19(20(23,24)25)31(16)29-17/h2-5,10-12H,6-9H2,1H3,(H,26,32)/t11-/m1/s1. The van der Waals surface area contributed by atoms with Gasteiger partial charge in [0, 0.05) is 30.6 Å². The minimum absolute atomic E-state index is 0.0163. The highest BCUT2D eigenvalue weighted by molar-refractivity contribution is 5.79. The second-order valence-corrected chi connectivity index (χ2v) is 7.64. The summed E-state index contributed by atoms with van der Waals surface area (Å²) in [6.45, 7) is 2.42. The zero-order valence-corrected chi connectivity index (χ0v) is 16.9. The highest BCUT2D eigenvalue weighted by Crippen LogP contribution is 2.29. The number of carbonyl (C=O) groups is 1. The van der Waals surface area contributed by atoms with Gasteiger partial charge in [-0.1, -0.05) is 6.07 Å². The molecule has 1 aromatic carbocycles. The third-order valence-electron chi connectivity index (χ3n) is 5.48. The average Bonchev–Trinajstić information content (AvgIpc) is 3.17. The van der Waals surface area contributed by atoms with Gasteiger partial charge in [0.05, 0.1) is 6.04 Å². The molecule has 1 N–H and O–H groups in total. The number of amides is 1. The van der Waals surface area contributed by atoms with Crippen LogP contribution in [-0.4, -0.2) is 38.8 Å². The van der Waals surface area contributed by atoms with Crippen molar-refractivity contribution < 1.29 is 26.7 Å². The number of carbonyl (C=O) groups excluding carboxylic acids is 1. The van der Waals surface area contributed by atoms with E-state index in [1.54, 1.807) is 17.9 Å². The van der Waals surface area contributed by atoms with Crippen molar-refractivity contribution in [3.63, 3.8) is 0 Å². The highest BCUT2D eigenvalue weighted by Gasteiger charge is 2.38. The van der Waals surface area contributed by atoms with Crippen molar-refractivity contribution in [3.05, 3.63) is 53.4 Å². The summed E-state index contributed by atoms with van der Waals surface area (Å²) in [5.74, 6) is -2.92. The summed E-state index contributed by atoms with van der Waals surface area (Å²) >= 11 is 0. The van der Waals surface area contributed by atoms with Crippen molar-refractivity contribution in [1.29, 1.82) is 0 Å². The SMILES string of the molecule is C[C@@H](NC(=O)C1CCN(c2ccc3nnc(C(F)(F)F)n3n2)CC1)c1ccc(F)cc1F. The molecule has 1 amide bonds. The molecule has 1 fully saturated rings. The lowest BCUT2D eigenvalue weighted by Crippen LogP contribution is -2.41. The van der Waals surface area contributed by atoms with Crippen LogP contribution in [0, 0.1) is 17.6 Å². The molecule has 0 spiro atoms. The summed E-state index contributed by atoms with van der Waals surface area (Å²) in [7, 11) is 0. The number of aromatic nitrogens is 4. The van der Waals surface area contributed by atoms with Crippen molar-refractivity contribution in [2.24, 2.45) is 5.92 Å². The van der Waals surface area contributed by atoms with Gasteiger partial charge in [0.15, 0.2) is 5.65 Å². The Balaban J connectivity index is 1.40. The minimum atomic E-state index is -4.68. The van der Waals surface area contributed by atoms with Gasteiger partial charge < -0.3 is 10.2 Å². The molecule has 7 nitrogen and oxygen atoms in total. The van der Waals surface area contributed by atoms with Gasteiger partial charge in [0.2, 0.25) is 5.91 Å². The Hall–Kier alpha value is -3.31. The van der Waals surface area contributed by atoms with Gasteiger partial charge in [0.25, 0.3) is 5.82 Å². The molecule has 1 aliphatic heterocycles. The van der Waals surface area contributed by atoms with E-state index in [0.717, 1.165) is 12.1 Å². The van der Waals surface area contributed by atoms with Crippen molar-refractivity contribution in [3.8, 4) is 0 Å². The highest BCUT2D eigenvalue weighted by atomic mass is 19.4. The van der Waals surface area contributed by atoms with Gasteiger partial charge in [-0.25, -0.2) is 8.78 Å². The van der Waals surface area contributed by atoms with Crippen molar-refractivity contribution in [2.45, 2.75) is 32.0 Å². The molecule has 3 aromatic rings. The maximum atomic E-state index is 13.9. The van der Waals surface area contributed by atoms with E-state index >= 15 is 0 Å². The van der Waals surface area contributed by atoms with Crippen molar-refractivity contribution in [1.82, 2.24) is 25.1 Å². The molecule has 2 aromatic heterocycles. The van der Waals surface area contributed by atoms with Crippen molar-refractivity contribution >= 4 is 17.4 Å². The van der Waals surface area contributed by atoms with Crippen LogP contribution in [0.25, 0.3) is 5.65 Å². The molecular weight excluding hydrogens is 435 g/mol. The Morgan fingerprint density at radius 3 is 2.50 bits per heavy atom. The monoisotopic (exact) mass is 454 g/mol. The van der Waals surface area contributed by atoms with Crippen LogP contribution in [-0.2, 0) is 11.0 Å². The van der Waals surface area contributed by atoms with E-state index in [1.165, 1.54) is 12.1 Å². The topological polar surface area (TPSA) is 75.4 Å². The van der Waals surface area contributed by atoms with Crippen LogP contribution in [0.15, 0.2) is 30.3 Å². The van der Waals surface area contributed by atoms with E-state index in [9.17, 15) is 26.7 Å². The van der Waals surface area contributed by atoms with E-state index < -0.39 is 29.7 Å². The molecule has 1 aliphatic rings. The molecule has 0 bridgehead atoms. The van der Waals surface area contributed by atoms with Crippen LogP contribution in [0.4, 0.5) is 27.8 Å². The number of piperidine rings is 1. The van der Waals surface area contributed by atoms with Crippen LogP contribution in [0.3, 0.4) is 0 Å². The molecule has 0 unspecified atom stereocenters. The predicted octanol–water partition coefficient (Wildman–Crippen LogP) is 3.52. The maximum Gasteiger partial charge on any atom is 0.453 e. The quantitative estimate of drug-likeness (QED) is 0.611. The Morgan fingerprint density at radius 1 is 1.12 bits per heavy atom. The molecule has 32 heavy (non-hydrogen) atoms. The normalized spacial score (nSPS) is 16.4. The van der Waals surface area contributed by atoms with Crippen LogP contribution in [0.1, 0.15) is 37.2 Å². The number of nitrogens with zero attached hydrogens (tertiary/aromatic N) is 5. The van der Waals surface area contributed by atoms with Gasteiger partial charge >= 0.3 is 6.18 Å². The Morgan fingerprint density at radius 2 is 1.84 bits per heavy atom. The lowest BCUT2D eigenvalue weighted by Gasteiger charge is -2.32. The number of hydrogen-bond donors (Lipinski definition) is 1. The zero-order chi connectivity index (χ0) is 23.0. The number of fused-ring (bicyclic) bond motifs is 1. The average molecular weight is 454 g/mol. The fourth-order valence-electron chi connectivity index (χ4n) is 3.76. The minimum Gasteiger partial charge on any atom is -0.355 e. The number of halogens is 5. The molecule has 170 valence electrons. The van der Waals surface area contributed by atoms with E-state index in [2.05, 4.69) is 20.6 Å². The first-order valence-electron chi connectivity index (χ1n) is 9.93. The summed E-state index contributed by atoms with van der Waals surface area (Å²) in [4.78, 5) is 14.4. The molecule has 12 heteroatoms.